The first-order valence-electron chi connectivity index (χ1n) is 11.5. The van der Waals surface area contributed by atoms with Crippen LogP contribution in [0.15, 0.2) is 42.7 Å². The van der Waals surface area contributed by atoms with Crippen LogP contribution in [0.25, 0.3) is 0 Å². The summed E-state index contributed by atoms with van der Waals surface area (Å²) in [6.07, 6.45) is 3.50. The molecule has 2 aromatic rings. The van der Waals surface area contributed by atoms with Crippen LogP contribution in [0.2, 0.25) is 0 Å². The number of likely N-dealkylation sites (N-methyl/N-ethyl adjacent to an activating group) is 1. The second-order valence-electron chi connectivity index (χ2n) is 8.06. The third-order valence-electron chi connectivity index (χ3n) is 5.47. The summed E-state index contributed by atoms with van der Waals surface area (Å²) < 4.78 is 16.5. The predicted octanol–water partition coefficient (Wildman–Crippen LogP) is 1.73. The van der Waals surface area contributed by atoms with Crippen molar-refractivity contribution >= 4 is 17.4 Å². The van der Waals surface area contributed by atoms with Gasteiger partial charge in [-0.05, 0) is 43.9 Å². The molecule has 1 aromatic carbocycles. The third kappa shape index (κ3) is 7.84. The van der Waals surface area contributed by atoms with E-state index in [2.05, 4.69) is 25.4 Å². The number of amides is 2. The highest BCUT2D eigenvalue weighted by Gasteiger charge is 2.19. The van der Waals surface area contributed by atoms with Gasteiger partial charge in [-0.2, -0.15) is 0 Å². The van der Waals surface area contributed by atoms with Gasteiger partial charge in [-0.3, -0.25) is 4.98 Å². The van der Waals surface area contributed by atoms with Crippen LogP contribution in [-0.2, 0) is 9.47 Å². The number of aliphatic hydroxyl groups is 1. The van der Waals surface area contributed by atoms with Gasteiger partial charge in [-0.15, -0.1) is 0 Å². The first-order chi connectivity index (χ1) is 16.6. The minimum atomic E-state index is -0.293. The van der Waals surface area contributed by atoms with Gasteiger partial charge in [0.15, 0.2) is 0 Å². The summed E-state index contributed by atoms with van der Waals surface area (Å²) >= 11 is 0. The summed E-state index contributed by atoms with van der Waals surface area (Å²) in [5.41, 5.74) is 2.66. The number of carbonyl (C=O) groups excluding carboxylic acids is 1. The Morgan fingerprint density at radius 2 is 1.94 bits per heavy atom. The summed E-state index contributed by atoms with van der Waals surface area (Å²) in [4.78, 5) is 21.2. The minimum Gasteiger partial charge on any atom is -0.491 e. The first-order valence-corrected chi connectivity index (χ1v) is 11.5. The lowest BCUT2D eigenvalue weighted by Crippen LogP contribution is -2.39. The Morgan fingerprint density at radius 1 is 1.18 bits per heavy atom. The molecule has 34 heavy (non-hydrogen) atoms. The first kappa shape index (κ1) is 25.7. The fourth-order valence-corrected chi connectivity index (χ4v) is 3.71. The van der Waals surface area contributed by atoms with E-state index >= 15 is 0 Å². The summed E-state index contributed by atoms with van der Waals surface area (Å²) in [6, 6.07) is 9.27. The van der Waals surface area contributed by atoms with Gasteiger partial charge in [-0.1, -0.05) is 0 Å². The molecule has 1 saturated heterocycles. The monoisotopic (exact) mass is 473 g/mol. The lowest BCUT2D eigenvalue weighted by Gasteiger charge is -2.31. The van der Waals surface area contributed by atoms with Crippen molar-refractivity contribution in [1.29, 1.82) is 0 Å². The molecule has 3 N–H and O–H groups in total. The zero-order chi connectivity index (χ0) is 24.2. The Balaban J connectivity index is 1.66. The van der Waals surface area contributed by atoms with Crippen LogP contribution in [-0.4, -0.2) is 94.4 Å². The van der Waals surface area contributed by atoms with Crippen molar-refractivity contribution in [2.75, 3.05) is 83.6 Å². The minimum absolute atomic E-state index is 0.0149. The summed E-state index contributed by atoms with van der Waals surface area (Å²) in [6.45, 7) is 4.19. The molecule has 2 amide bonds. The van der Waals surface area contributed by atoms with E-state index in [0.717, 1.165) is 24.3 Å². The van der Waals surface area contributed by atoms with E-state index in [9.17, 15) is 4.79 Å². The highest BCUT2D eigenvalue weighted by molar-refractivity contribution is 5.93. The largest absolute Gasteiger partial charge is 0.491 e. The second-order valence-corrected chi connectivity index (χ2v) is 8.06. The summed E-state index contributed by atoms with van der Waals surface area (Å²) in [5.74, 6) is 0.628. The fraction of sp³-hybridized carbons (Fsp3) is 0.500. The number of nitrogens with zero attached hydrogens (tertiary/aromatic N) is 3. The Morgan fingerprint density at radius 3 is 2.65 bits per heavy atom. The van der Waals surface area contributed by atoms with Gasteiger partial charge < -0.3 is 39.8 Å². The van der Waals surface area contributed by atoms with E-state index in [1.807, 2.05) is 44.4 Å². The van der Waals surface area contributed by atoms with Gasteiger partial charge in [0.25, 0.3) is 0 Å². The van der Waals surface area contributed by atoms with Crippen LogP contribution in [0.5, 0.6) is 5.75 Å². The van der Waals surface area contributed by atoms with Gasteiger partial charge in [0.1, 0.15) is 12.4 Å². The molecule has 1 atom stereocenters. The molecule has 1 aliphatic heterocycles. The van der Waals surface area contributed by atoms with Gasteiger partial charge in [-0.25, -0.2) is 4.79 Å². The number of aromatic nitrogens is 1. The van der Waals surface area contributed by atoms with Gasteiger partial charge in [0.2, 0.25) is 0 Å². The van der Waals surface area contributed by atoms with Crippen LogP contribution in [0.3, 0.4) is 0 Å². The Bertz CT molecular complexity index is 877. The lowest BCUT2D eigenvalue weighted by atomic mass is 10.1. The smallest absolute Gasteiger partial charge is 0.319 e. The molecule has 1 fully saturated rings. The highest BCUT2D eigenvalue weighted by Crippen LogP contribution is 2.31. The zero-order valence-corrected chi connectivity index (χ0v) is 19.9. The summed E-state index contributed by atoms with van der Waals surface area (Å²) in [7, 11) is 3.96. The van der Waals surface area contributed by atoms with Crippen molar-refractivity contribution in [3.63, 3.8) is 0 Å². The van der Waals surface area contributed by atoms with E-state index in [0.29, 0.717) is 44.4 Å². The molecule has 0 bridgehead atoms. The zero-order valence-electron chi connectivity index (χ0n) is 19.9. The average molecular weight is 474 g/mol. The van der Waals surface area contributed by atoms with Crippen molar-refractivity contribution in [3.05, 3.63) is 48.3 Å². The van der Waals surface area contributed by atoms with Crippen LogP contribution in [0, 0.1) is 0 Å². The molecule has 3 rings (SSSR count). The number of rotatable bonds is 12. The Labute approximate surface area is 200 Å². The van der Waals surface area contributed by atoms with Crippen LogP contribution >= 0.6 is 0 Å². The molecule has 10 heteroatoms. The molecule has 10 nitrogen and oxygen atoms in total. The molecule has 0 aliphatic carbocycles. The van der Waals surface area contributed by atoms with Crippen molar-refractivity contribution in [2.45, 2.75) is 6.04 Å². The van der Waals surface area contributed by atoms with E-state index in [1.54, 1.807) is 12.4 Å². The van der Waals surface area contributed by atoms with Gasteiger partial charge in [0.05, 0.1) is 50.5 Å². The van der Waals surface area contributed by atoms with Crippen molar-refractivity contribution < 1.29 is 24.1 Å². The molecule has 1 unspecified atom stereocenters. The maximum Gasteiger partial charge on any atom is 0.319 e. The number of carbonyl (C=O) groups is 1. The standard InChI is InChI=1S/C24H35N5O5/c1-28(2)23(19-5-7-25-8-6-19)18-26-24(31)27-21-17-20(34-16-15-33-14-11-30)3-4-22(21)29-9-12-32-13-10-29/h3-8,17,23,30H,9-16,18H2,1-2H3,(H2,26,27,31). The molecule has 1 aromatic heterocycles. The fourth-order valence-electron chi connectivity index (χ4n) is 3.71. The Hall–Kier alpha value is -2.92. The Kier molecular flexibility index (Phi) is 10.4. The number of aliphatic hydroxyl groups excluding tert-OH is 1. The van der Waals surface area contributed by atoms with Crippen molar-refractivity contribution in [3.8, 4) is 5.75 Å². The molecule has 0 saturated carbocycles. The van der Waals surface area contributed by atoms with Crippen molar-refractivity contribution in [2.24, 2.45) is 0 Å². The van der Waals surface area contributed by atoms with Crippen molar-refractivity contribution in [1.82, 2.24) is 15.2 Å². The summed E-state index contributed by atoms with van der Waals surface area (Å²) in [5, 5.41) is 14.8. The normalized spacial score (nSPS) is 14.6. The van der Waals surface area contributed by atoms with Crippen LogP contribution in [0.1, 0.15) is 11.6 Å². The van der Waals surface area contributed by atoms with Crippen LogP contribution in [0.4, 0.5) is 16.2 Å². The number of ether oxygens (including phenoxy) is 3. The van der Waals surface area contributed by atoms with Gasteiger partial charge in [0, 0.05) is 38.1 Å². The number of hydrogen-bond donors (Lipinski definition) is 3. The average Bonchev–Trinajstić information content (AvgIpc) is 2.85. The van der Waals surface area contributed by atoms with E-state index in [1.165, 1.54) is 0 Å². The molecule has 186 valence electrons. The molecule has 0 spiro atoms. The number of nitrogens with one attached hydrogen (secondary N) is 2. The molecule has 1 aliphatic rings. The van der Waals surface area contributed by atoms with E-state index < -0.39 is 0 Å². The number of morpholine rings is 1. The molecule has 2 heterocycles. The maximum atomic E-state index is 12.9. The third-order valence-corrected chi connectivity index (χ3v) is 5.47. The van der Waals surface area contributed by atoms with Crippen LogP contribution < -0.4 is 20.3 Å². The number of pyridine rings is 1. The van der Waals surface area contributed by atoms with E-state index in [4.69, 9.17) is 19.3 Å². The number of benzene rings is 1. The number of hydrogen-bond acceptors (Lipinski definition) is 8. The SMILES string of the molecule is CN(C)C(CNC(=O)Nc1cc(OCCOCCO)ccc1N1CCOCC1)c1ccncc1. The molecular formula is C24H35N5O5. The topological polar surface area (TPSA) is 108 Å². The lowest BCUT2D eigenvalue weighted by molar-refractivity contribution is 0.0705. The van der Waals surface area contributed by atoms with Gasteiger partial charge >= 0.3 is 6.03 Å². The quantitative estimate of drug-likeness (QED) is 0.400. The maximum absolute atomic E-state index is 12.9. The molecular weight excluding hydrogens is 438 g/mol. The molecule has 0 radical (unpaired) electrons. The number of urea groups is 1. The second kappa shape index (κ2) is 13.7. The predicted molar refractivity (Wildman–Crippen MR) is 131 cm³/mol. The highest BCUT2D eigenvalue weighted by atomic mass is 16.5. The number of anilines is 2. The van der Waals surface area contributed by atoms with E-state index in [-0.39, 0.29) is 25.3 Å².